The van der Waals surface area contributed by atoms with E-state index in [2.05, 4.69) is 4.98 Å². The Labute approximate surface area is 81.6 Å². The van der Waals surface area contributed by atoms with E-state index in [1.54, 1.807) is 18.5 Å². The van der Waals surface area contributed by atoms with Crippen molar-refractivity contribution < 1.29 is 8.78 Å². The molecule has 1 fully saturated rings. The lowest BCUT2D eigenvalue weighted by molar-refractivity contribution is -0.0358. The summed E-state index contributed by atoms with van der Waals surface area (Å²) in [5.74, 6) is 0. The predicted molar refractivity (Wildman–Crippen MR) is 48.9 cm³/mol. The molecule has 1 aromatic heterocycles. The zero-order chi connectivity index (χ0) is 9.97. The molecule has 76 valence electrons. The number of alkyl halides is 2. The number of rotatable bonds is 2. The summed E-state index contributed by atoms with van der Waals surface area (Å²) in [5, 5.41) is 0. The van der Waals surface area contributed by atoms with Gasteiger partial charge < -0.3 is 0 Å². The van der Waals surface area contributed by atoms with E-state index in [0.29, 0.717) is 6.54 Å². The van der Waals surface area contributed by atoms with Gasteiger partial charge in [-0.15, -0.1) is 0 Å². The molecule has 1 aromatic rings. The third-order valence-corrected chi connectivity index (χ3v) is 2.61. The number of pyridine rings is 1. The number of likely N-dealkylation sites (tertiary alicyclic amines) is 1. The minimum absolute atomic E-state index is 0.149. The molecule has 0 saturated carbocycles. The highest BCUT2D eigenvalue weighted by Crippen LogP contribution is 2.33. The first-order valence-electron chi connectivity index (χ1n) is 4.73. The quantitative estimate of drug-likeness (QED) is 0.678. The first-order valence-corrected chi connectivity index (χ1v) is 4.73. The van der Waals surface area contributed by atoms with Crippen LogP contribution in [0.5, 0.6) is 0 Å². The van der Waals surface area contributed by atoms with Crippen molar-refractivity contribution in [2.45, 2.75) is 25.4 Å². The van der Waals surface area contributed by atoms with E-state index in [9.17, 15) is 8.78 Å². The van der Waals surface area contributed by atoms with Gasteiger partial charge in [-0.05, 0) is 24.5 Å². The molecule has 1 saturated heterocycles. The number of nitrogens with zero attached hydrogens (tertiary/aromatic N) is 2. The summed E-state index contributed by atoms with van der Waals surface area (Å²) in [5.41, 5.74) is 0.894. The SMILES string of the molecule is FC(F)N1CCCC1c1cccnc1. The second kappa shape index (κ2) is 4.00. The second-order valence-electron chi connectivity index (χ2n) is 3.46. The van der Waals surface area contributed by atoms with Crippen molar-refractivity contribution in [2.24, 2.45) is 0 Å². The normalized spacial score (nSPS) is 23.2. The van der Waals surface area contributed by atoms with Gasteiger partial charge >= 0.3 is 0 Å². The standard InChI is InChI=1S/C10H12F2N2/c11-10(12)14-6-2-4-9(14)8-3-1-5-13-7-8/h1,3,5,7,9-10H,2,4,6H2. The fourth-order valence-electron chi connectivity index (χ4n) is 1.95. The summed E-state index contributed by atoms with van der Waals surface area (Å²) in [6.45, 7) is -1.88. The third-order valence-electron chi connectivity index (χ3n) is 2.61. The summed E-state index contributed by atoms with van der Waals surface area (Å²) in [6, 6.07) is 3.50. The monoisotopic (exact) mass is 198 g/mol. The van der Waals surface area contributed by atoms with Crippen molar-refractivity contribution in [3.05, 3.63) is 30.1 Å². The van der Waals surface area contributed by atoms with Gasteiger partial charge in [-0.3, -0.25) is 4.98 Å². The smallest absolute Gasteiger partial charge is 0.264 e. The van der Waals surface area contributed by atoms with Crippen molar-refractivity contribution in [3.8, 4) is 0 Å². The molecule has 1 atom stereocenters. The Morgan fingerprint density at radius 2 is 2.36 bits per heavy atom. The van der Waals surface area contributed by atoms with Crippen LogP contribution >= 0.6 is 0 Å². The Morgan fingerprint density at radius 1 is 1.50 bits per heavy atom. The van der Waals surface area contributed by atoms with Crippen LogP contribution in [0.25, 0.3) is 0 Å². The lowest BCUT2D eigenvalue weighted by atomic mass is 10.1. The third kappa shape index (κ3) is 1.75. The molecular weight excluding hydrogens is 186 g/mol. The van der Waals surface area contributed by atoms with Crippen LogP contribution in [0.2, 0.25) is 0 Å². The van der Waals surface area contributed by atoms with Gasteiger partial charge in [0.15, 0.2) is 0 Å². The Kier molecular flexibility index (Phi) is 2.72. The van der Waals surface area contributed by atoms with E-state index >= 15 is 0 Å². The van der Waals surface area contributed by atoms with Gasteiger partial charge in [0, 0.05) is 25.0 Å². The minimum Gasteiger partial charge on any atom is -0.264 e. The number of hydrogen-bond acceptors (Lipinski definition) is 2. The molecule has 0 aromatic carbocycles. The van der Waals surface area contributed by atoms with E-state index in [4.69, 9.17) is 0 Å². The highest BCUT2D eigenvalue weighted by Gasteiger charge is 2.31. The number of halogens is 2. The fourth-order valence-corrected chi connectivity index (χ4v) is 1.95. The Bertz CT molecular complexity index is 289. The highest BCUT2D eigenvalue weighted by molar-refractivity contribution is 5.15. The van der Waals surface area contributed by atoms with E-state index in [1.165, 1.54) is 4.90 Å². The summed E-state index contributed by atoms with van der Waals surface area (Å²) < 4.78 is 25.2. The van der Waals surface area contributed by atoms with E-state index in [0.717, 1.165) is 18.4 Å². The van der Waals surface area contributed by atoms with Crippen LogP contribution in [0.4, 0.5) is 8.78 Å². The van der Waals surface area contributed by atoms with Crippen LogP contribution in [0.1, 0.15) is 24.4 Å². The first kappa shape index (κ1) is 9.52. The molecule has 0 amide bonds. The molecule has 0 bridgehead atoms. The van der Waals surface area contributed by atoms with Gasteiger partial charge in [0.2, 0.25) is 0 Å². The lowest BCUT2D eigenvalue weighted by Gasteiger charge is -2.23. The topological polar surface area (TPSA) is 16.1 Å². The van der Waals surface area contributed by atoms with Crippen LogP contribution in [-0.2, 0) is 0 Å². The first-order chi connectivity index (χ1) is 6.79. The predicted octanol–water partition coefficient (Wildman–Crippen LogP) is 2.44. The molecule has 0 spiro atoms. The van der Waals surface area contributed by atoms with Crippen molar-refractivity contribution in [3.63, 3.8) is 0 Å². The van der Waals surface area contributed by atoms with Crippen LogP contribution in [-0.4, -0.2) is 23.0 Å². The summed E-state index contributed by atoms with van der Waals surface area (Å²) in [6.07, 6.45) is 4.97. The van der Waals surface area contributed by atoms with E-state index < -0.39 is 6.55 Å². The molecule has 14 heavy (non-hydrogen) atoms. The molecule has 1 unspecified atom stereocenters. The van der Waals surface area contributed by atoms with Crippen molar-refractivity contribution in [1.82, 2.24) is 9.88 Å². The van der Waals surface area contributed by atoms with Gasteiger partial charge in [0.05, 0.1) is 0 Å². The molecule has 2 nitrogen and oxygen atoms in total. The molecule has 1 aliphatic heterocycles. The van der Waals surface area contributed by atoms with Gasteiger partial charge in [-0.25, -0.2) is 4.90 Å². The van der Waals surface area contributed by atoms with Gasteiger partial charge in [-0.1, -0.05) is 6.07 Å². The second-order valence-corrected chi connectivity index (χ2v) is 3.46. The summed E-state index contributed by atoms with van der Waals surface area (Å²) in [4.78, 5) is 5.18. The lowest BCUT2D eigenvalue weighted by Crippen LogP contribution is -2.28. The molecule has 1 aliphatic rings. The Morgan fingerprint density at radius 3 is 3.00 bits per heavy atom. The van der Waals surface area contributed by atoms with Crippen LogP contribution in [0.15, 0.2) is 24.5 Å². The maximum Gasteiger partial charge on any atom is 0.295 e. The zero-order valence-corrected chi connectivity index (χ0v) is 7.74. The van der Waals surface area contributed by atoms with Crippen LogP contribution in [0.3, 0.4) is 0 Å². The van der Waals surface area contributed by atoms with Crippen LogP contribution in [0, 0.1) is 0 Å². The molecule has 2 heterocycles. The average molecular weight is 198 g/mol. The Balaban J connectivity index is 2.18. The average Bonchev–Trinajstić information content (AvgIpc) is 2.67. The van der Waals surface area contributed by atoms with Crippen LogP contribution < -0.4 is 0 Å². The number of aromatic nitrogens is 1. The Hall–Kier alpha value is -1.03. The zero-order valence-electron chi connectivity index (χ0n) is 7.74. The summed E-state index contributed by atoms with van der Waals surface area (Å²) in [7, 11) is 0. The minimum atomic E-state index is -2.36. The maximum atomic E-state index is 12.6. The van der Waals surface area contributed by atoms with Gasteiger partial charge in [-0.2, -0.15) is 8.78 Å². The largest absolute Gasteiger partial charge is 0.295 e. The molecule has 0 N–H and O–H groups in total. The molecular formula is C10H12F2N2. The van der Waals surface area contributed by atoms with E-state index in [1.807, 2.05) is 6.07 Å². The van der Waals surface area contributed by atoms with Crippen molar-refractivity contribution in [2.75, 3.05) is 6.54 Å². The number of hydrogen-bond donors (Lipinski definition) is 0. The van der Waals surface area contributed by atoms with Crippen molar-refractivity contribution >= 4 is 0 Å². The molecule has 4 heteroatoms. The fraction of sp³-hybridized carbons (Fsp3) is 0.500. The summed E-state index contributed by atoms with van der Waals surface area (Å²) >= 11 is 0. The van der Waals surface area contributed by atoms with Gasteiger partial charge in [0.1, 0.15) is 0 Å². The van der Waals surface area contributed by atoms with Gasteiger partial charge in [0.25, 0.3) is 6.55 Å². The molecule has 0 radical (unpaired) electrons. The molecule has 2 rings (SSSR count). The van der Waals surface area contributed by atoms with E-state index in [-0.39, 0.29) is 6.04 Å². The molecule has 0 aliphatic carbocycles. The maximum absolute atomic E-state index is 12.6. The highest BCUT2D eigenvalue weighted by atomic mass is 19.3. The van der Waals surface area contributed by atoms with Crippen molar-refractivity contribution in [1.29, 1.82) is 0 Å².